The molecular formula is C12H22N2S. The first-order valence-electron chi connectivity index (χ1n) is 5.64. The summed E-state index contributed by atoms with van der Waals surface area (Å²) in [4.78, 5) is 1.45. The molecule has 0 aromatic rings. The first-order chi connectivity index (χ1) is 7.17. The monoisotopic (exact) mass is 226 g/mol. The van der Waals surface area contributed by atoms with Gasteiger partial charge in [-0.05, 0) is 24.7 Å². The van der Waals surface area contributed by atoms with Gasteiger partial charge < -0.3 is 0 Å². The molecule has 86 valence electrons. The fourth-order valence-corrected chi connectivity index (χ4v) is 3.04. The van der Waals surface area contributed by atoms with E-state index in [1.54, 1.807) is 0 Å². The summed E-state index contributed by atoms with van der Waals surface area (Å²) in [6.45, 7) is 10.2. The van der Waals surface area contributed by atoms with Crippen molar-refractivity contribution in [2.75, 3.05) is 13.1 Å². The van der Waals surface area contributed by atoms with Crippen LogP contribution in [-0.2, 0) is 0 Å². The maximum Gasteiger partial charge on any atom is 0.0438 e. The Bertz CT molecular complexity index is 248. The number of hydrogen-bond donors (Lipinski definition) is 1. The maximum absolute atomic E-state index is 5.84. The molecule has 0 saturated carbocycles. The van der Waals surface area contributed by atoms with Gasteiger partial charge in [-0.3, -0.25) is 5.84 Å². The minimum absolute atomic E-state index is 0.548. The van der Waals surface area contributed by atoms with Crippen molar-refractivity contribution in [1.29, 1.82) is 0 Å². The predicted octanol–water partition coefficient (Wildman–Crippen LogP) is 2.93. The maximum atomic E-state index is 5.84. The topological polar surface area (TPSA) is 29.3 Å². The Morgan fingerprint density at radius 1 is 1.67 bits per heavy atom. The summed E-state index contributed by atoms with van der Waals surface area (Å²) in [6.07, 6.45) is 5.58. The summed E-state index contributed by atoms with van der Waals surface area (Å²) in [5.41, 5.74) is 1.50. The van der Waals surface area contributed by atoms with Crippen LogP contribution in [0.1, 0.15) is 33.1 Å². The van der Waals surface area contributed by atoms with Gasteiger partial charge in [-0.2, -0.15) is 0 Å². The third-order valence-electron chi connectivity index (χ3n) is 2.73. The van der Waals surface area contributed by atoms with E-state index in [0.717, 1.165) is 19.5 Å². The van der Waals surface area contributed by atoms with Crippen LogP contribution in [0.2, 0.25) is 0 Å². The number of nitrogens with two attached hydrogens (primary N) is 1. The van der Waals surface area contributed by atoms with Gasteiger partial charge >= 0.3 is 0 Å². The number of nitrogens with zero attached hydrogens (tertiary/aromatic N) is 1. The normalized spacial score (nSPS) is 20.5. The molecule has 1 unspecified atom stereocenters. The molecule has 15 heavy (non-hydrogen) atoms. The first kappa shape index (κ1) is 12.8. The summed E-state index contributed by atoms with van der Waals surface area (Å²) < 4.78 is 0. The van der Waals surface area contributed by atoms with Gasteiger partial charge in [0.15, 0.2) is 0 Å². The molecule has 1 rings (SSSR count). The number of hydrazine groups is 1. The van der Waals surface area contributed by atoms with Crippen molar-refractivity contribution in [2.45, 2.75) is 38.4 Å². The zero-order valence-corrected chi connectivity index (χ0v) is 10.6. The van der Waals surface area contributed by atoms with Gasteiger partial charge in [-0.25, -0.2) is 5.01 Å². The third kappa shape index (κ3) is 4.01. The van der Waals surface area contributed by atoms with Crippen molar-refractivity contribution in [3.05, 3.63) is 23.1 Å². The highest BCUT2D eigenvalue weighted by molar-refractivity contribution is 8.03. The number of thioether (sulfide) groups is 1. The molecule has 0 fully saturated rings. The molecule has 0 aromatic heterocycles. The Morgan fingerprint density at radius 2 is 2.40 bits per heavy atom. The summed E-state index contributed by atoms with van der Waals surface area (Å²) in [5, 5.41) is 2.45. The van der Waals surface area contributed by atoms with E-state index in [4.69, 9.17) is 5.84 Å². The van der Waals surface area contributed by atoms with E-state index in [0.29, 0.717) is 5.25 Å². The van der Waals surface area contributed by atoms with Crippen molar-refractivity contribution in [3.63, 3.8) is 0 Å². The molecule has 1 aliphatic rings. The van der Waals surface area contributed by atoms with E-state index in [2.05, 4.69) is 26.5 Å². The summed E-state index contributed by atoms with van der Waals surface area (Å²) in [5.74, 6) is 5.84. The highest BCUT2D eigenvalue weighted by Gasteiger charge is 2.16. The van der Waals surface area contributed by atoms with Crippen LogP contribution in [0.4, 0.5) is 0 Å². The average Bonchev–Trinajstić information content (AvgIpc) is 2.22. The van der Waals surface area contributed by atoms with Crippen molar-refractivity contribution in [2.24, 2.45) is 5.84 Å². The summed E-state index contributed by atoms with van der Waals surface area (Å²) >= 11 is 1.94. The SMILES string of the molecule is C=CC(CCC)SC1=C(C)CCN(N)C1. The van der Waals surface area contributed by atoms with E-state index in [9.17, 15) is 0 Å². The minimum atomic E-state index is 0.548. The zero-order valence-electron chi connectivity index (χ0n) is 9.83. The predicted molar refractivity (Wildman–Crippen MR) is 69.6 cm³/mol. The quantitative estimate of drug-likeness (QED) is 0.577. The van der Waals surface area contributed by atoms with Crippen LogP contribution in [-0.4, -0.2) is 23.3 Å². The molecule has 0 amide bonds. The molecule has 2 nitrogen and oxygen atoms in total. The standard InChI is InChI=1S/C12H22N2S/c1-4-6-11(5-2)15-12-9-14(13)8-7-10(12)3/h5,11H,2,4,6-9,13H2,1,3H3. The van der Waals surface area contributed by atoms with Crippen LogP contribution >= 0.6 is 11.8 Å². The van der Waals surface area contributed by atoms with Crippen LogP contribution in [0.25, 0.3) is 0 Å². The van der Waals surface area contributed by atoms with Crippen molar-refractivity contribution < 1.29 is 0 Å². The van der Waals surface area contributed by atoms with Gasteiger partial charge in [0, 0.05) is 18.3 Å². The molecule has 0 aliphatic carbocycles. The van der Waals surface area contributed by atoms with Gasteiger partial charge in [-0.1, -0.05) is 25.0 Å². The van der Waals surface area contributed by atoms with Gasteiger partial charge in [0.25, 0.3) is 0 Å². The second-order valence-corrected chi connectivity index (χ2v) is 5.44. The van der Waals surface area contributed by atoms with E-state index >= 15 is 0 Å². The number of hydrogen-bond acceptors (Lipinski definition) is 3. The van der Waals surface area contributed by atoms with Gasteiger partial charge in [-0.15, -0.1) is 18.3 Å². The molecule has 1 aliphatic heterocycles. The largest absolute Gasteiger partial charge is 0.268 e. The highest BCUT2D eigenvalue weighted by atomic mass is 32.2. The Balaban J connectivity index is 2.57. The Morgan fingerprint density at radius 3 is 3.00 bits per heavy atom. The molecule has 0 spiro atoms. The first-order valence-corrected chi connectivity index (χ1v) is 6.52. The van der Waals surface area contributed by atoms with E-state index in [1.807, 2.05) is 16.8 Å². The molecule has 0 aromatic carbocycles. The fourth-order valence-electron chi connectivity index (χ4n) is 1.68. The van der Waals surface area contributed by atoms with Crippen LogP contribution in [0.5, 0.6) is 0 Å². The second kappa shape index (κ2) is 6.36. The van der Waals surface area contributed by atoms with Crippen LogP contribution < -0.4 is 5.84 Å². The lowest BCUT2D eigenvalue weighted by molar-refractivity contribution is 0.302. The lowest BCUT2D eigenvalue weighted by Gasteiger charge is -2.27. The van der Waals surface area contributed by atoms with E-state index < -0.39 is 0 Å². The average molecular weight is 226 g/mol. The fraction of sp³-hybridized carbons (Fsp3) is 0.667. The molecular weight excluding hydrogens is 204 g/mol. The highest BCUT2D eigenvalue weighted by Crippen LogP contribution is 2.31. The summed E-state index contributed by atoms with van der Waals surface area (Å²) in [7, 11) is 0. The molecule has 0 saturated heterocycles. The zero-order chi connectivity index (χ0) is 11.3. The van der Waals surface area contributed by atoms with Gasteiger partial charge in [0.05, 0.1) is 0 Å². The molecule has 0 bridgehead atoms. The van der Waals surface area contributed by atoms with Crippen LogP contribution in [0, 0.1) is 0 Å². The van der Waals surface area contributed by atoms with Crippen molar-refractivity contribution in [1.82, 2.24) is 5.01 Å². The molecule has 3 heteroatoms. The number of rotatable bonds is 5. The van der Waals surface area contributed by atoms with E-state index in [1.165, 1.54) is 23.3 Å². The Kier molecular flexibility index (Phi) is 5.43. The lowest BCUT2D eigenvalue weighted by Crippen LogP contribution is -2.36. The third-order valence-corrected chi connectivity index (χ3v) is 4.22. The van der Waals surface area contributed by atoms with Gasteiger partial charge in [0.1, 0.15) is 0 Å². The van der Waals surface area contributed by atoms with Crippen LogP contribution in [0.3, 0.4) is 0 Å². The molecule has 0 radical (unpaired) electrons. The second-order valence-electron chi connectivity index (χ2n) is 4.10. The van der Waals surface area contributed by atoms with Crippen LogP contribution in [0.15, 0.2) is 23.1 Å². The van der Waals surface area contributed by atoms with E-state index in [-0.39, 0.29) is 0 Å². The van der Waals surface area contributed by atoms with Gasteiger partial charge in [0.2, 0.25) is 0 Å². The molecule has 2 N–H and O–H groups in total. The minimum Gasteiger partial charge on any atom is -0.268 e. The Labute approximate surface area is 97.6 Å². The van der Waals surface area contributed by atoms with Crippen molar-refractivity contribution in [3.8, 4) is 0 Å². The Hall–Kier alpha value is -0.250. The smallest absolute Gasteiger partial charge is 0.0438 e. The molecule has 1 heterocycles. The lowest BCUT2D eigenvalue weighted by atomic mass is 10.1. The van der Waals surface area contributed by atoms with Crippen molar-refractivity contribution >= 4 is 11.8 Å². The molecule has 1 atom stereocenters. The summed E-state index contributed by atoms with van der Waals surface area (Å²) in [6, 6.07) is 0.